The minimum absolute atomic E-state index is 0.0333. The summed E-state index contributed by atoms with van der Waals surface area (Å²) in [4.78, 5) is 22.3. The summed E-state index contributed by atoms with van der Waals surface area (Å²) in [7, 11) is 0. The zero-order valence-corrected chi connectivity index (χ0v) is 9.25. The van der Waals surface area contributed by atoms with Crippen LogP contribution in [0.25, 0.3) is 0 Å². The Morgan fingerprint density at radius 3 is 2.75 bits per heavy atom. The molecule has 1 aromatic rings. The van der Waals surface area contributed by atoms with Gasteiger partial charge < -0.3 is 10.5 Å². The van der Waals surface area contributed by atoms with E-state index in [9.17, 15) is 9.59 Å². The number of esters is 1. The third kappa shape index (κ3) is 2.22. The maximum atomic E-state index is 11.4. The minimum Gasteiger partial charge on any atom is -0.462 e. The lowest BCUT2D eigenvalue weighted by Crippen LogP contribution is -2.32. The van der Waals surface area contributed by atoms with Gasteiger partial charge in [0.15, 0.2) is 5.49 Å². The van der Waals surface area contributed by atoms with Crippen LogP contribution in [0.2, 0.25) is 5.02 Å². The van der Waals surface area contributed by atoms with Gasteiger partial charge in [0, 0.05) is 6.20 Å². The second-order valence-electron chi connectivity index (χ2n) is 2.82. The lowest BCUT2D eigenvalue weighted by Gasteiger charge is -2.07. The summed E-state index contributed by atoms with van der Waals surface area (Å²) in [5.41, 5.74) is 4.68. The van der Waals surface area contributed by atoms with E-state index in [2.05, 4.69) is 0 Å². The number of hydrogen-bond acceptors (Lipinski definition) is 4. The normalized spacial score (nSPS) is 9.88. The predicted octanol–water partition coefficient (Wildman–Crippen LogP) is 0.724. The Labute approximate surface area is 96.1 Å². The van der Waals surface area contributed by atoms with Crippen LogP contribution in [0.1, 0.15) is 17.3 Å². The van der Waals surface area contributed by atoms with Crippen LogP contribution in [0, 0.1) is 5.41 Å². The van der Waals surface area contributed by atoms with Gasteiger partial charge in [0.1, 0.15) is 0 Å². The zero-order chi connectivity index (χ0) is 12.3. The fourth-order valence-electron chi connectivity index (χ4n) is 1.08. The summed E-state index contributed by atoms with van der Waals surface area (Å²) < 4.78 is 5.56. The highest BCUT2D eigenvalue weighted by atomic mass is 35.5. The highest BCUT2D eigenvalue weighted by molar-refractivity contribution is 6.33. The highest BCUT2D eigenvalue weighted by Crippen LogP contribution is 2.11. The van der Waals surface area contributed by atoms with Gasteiger partial charge in [-0.1, -0.05) is 11.6 Å². The first kappa shape index (κ1) is 12.3. The molecular weight excluding hydrogens is 234 g/mol. The molecule has 16 heavy (non-hydrogen) atoms. The molecule has 0 aromatic carbocycles. The number of primary amides is 1. The molecule has 7 heteroatoms. The molecule has 1 rings (SSSR count). The Kier molecular flexibility index (Phi) is 3.68. The molecule has 6 nitrogen and oxygen atoms in total. The van der Waals surface area contributed by atoms with Gasteiger partial charge in [-0.25, -0.2) is 9.59 Å². The van der Waals surface area contributed by atoms with Crippen molar-refractivity contribution in [3.8, 4) is 0 Å². The van der Waals surface area contributed by atoms with Crippen molar-refractivity contribution in [2.45, 2.75) is 6.92 Å². The Morgan fingerprint density at radius 1 is 1.62 bits per heavy atom. The van der Waals surface area contributed by atoms with Crippen molar-refractivity contribution < 1.29 is 14.3 Å². The van der Waals surface area contributed by atoms with Crippen molar-refractivity contribution >= 4 is 23.6 Å². The number of pyridine rings is 1. The molecular formula is C9H10ClN3O3. The number of nitrogens with zero attached hydrogens (tertiary/aromatic N) is 1. The number of halogens is 1. The third-order valence-electron chi connectivity index (χ3n) is 1.81. The van der Waals surface area contributed by atoms with Crippen molar-refractivity contribution in [1.29, 1.82) is 5.41 Å². The molecule has 1 amide bonds. The molecule has 0 aliphatic rings. The molecule has 86 valence electrons. The summed E-state index contributed by atoms with van der Waals surface area (Å²) in [5.74, 6) is -0.641. The topological polar surface area (TPSA) is 98.2 Å². The molecule has 0 aliphatic heterocycles. The number of carbonyl (C=O) groups excluding carboxylic acids is 2. The van der Waals surface area contributed by atoms with Gasteiger partial charge in [0.2, 0.25) is 0 Å². The smallest absolute Gasteiger partial charge is 0.339 e. The van der Waals surface area contributed by atoms with Crippen molar-refractivity contribution in [3.63, 3.8) is 0 Å². The number of nitrogens with two attached hydrogens (primary N) is 1. The average Bonchev–Trinajstić information content (AvgIpc) is 2.21. The summed E-state index contributed by atoms with van der Waals surface area (Å²) in [6.07, 6.45) is 1.20. The molecule has 0 spiro atoms. The van der Waals surface area contributed by atoms with E-state index in [1.807, 2.05) is 0 Å². The lowest BCUT2D eigenvalue weighted by molar-refractivity contribution is 0.0526. The Morgan fingerprint density at radius 2 is 2.25 bits per heavy atom. The fraction of sp³-hybridized carbons (Fsp3) is 0.222. The van der Waals surface area contributed by atoms with Crippen molar-refractivity contribution in [2.75, 3.05) is 6.61 Å². The fourth-order valence-corrected chi connectivity index (χ4v) is 1.31. The first-order chi connectivity index (χ1) is 7.49. The number of rotatable bonds is 2. The summed E-state index contributed by atoms with van der Waals surface area (Å²) in [6, 6.07) is 0.436. The number of aromatic nitrogens is 1. The molecule has 0 bridgehead atoms. The number of ether oxygens (including phenoxy) is 1. The SMILES string of the molecule is CCOC(=O)c1ccn(C(N)=O)c(=N)c1Cl. The standard InChI is InChI=1S/C9H10ClN3O3/c1-2-16-8(14)5-3-4-13(9(12)15)7(11)6(5)10/h3-4,11H,2H2,1H3,(H2,12,15). The van der Waals surface area contributed by atoms with E-state index in [1.165, 1.54) is 12.3 Å². The predicted molar refractivity (Wildman–Crippen MR) is 56.2 cm³/mol. The van der Waals surface area contributed by atoms with Crippen LogP contribution in [0.4, 0.5) is 4.79 Å². The molecule has 1 aromatic heterocycles. The molecule has 0 atom stereocenters. The summed E-state index contributed by atoms with van der Waals surface area (Å²) in [6.45, 7) is 1.85. The molecule has 3 N–H and O–H groups in total. The van der Waals surface area contributed by atoms with Gasteiger partial charge in [-0.15, -0.1) is 0 Å². The van der Waals surface area contributed by atoms with Crippen molar-refractivity contribution in [1.82, 2.24) is 4.57 Å². The maximum absolute atomic E-state index is 11.4. The second-order valence-corrected chi connectivity index (χ2v) is 3.20. The summed E-state index contributed by atoms with van der Waals surface area (Å²) in [5, 5.41) is 7.35. The van der Waals surface area contributed by atoms with Crippen LogP contribution in [0.15, 0.2) is 12.3 Å². The quantitative estimate of drug-likeness (QED) is 0.749. The Bertz CT molecular complexity index is 495. The largest absolute Gasteiger partial charge is 0.462 e. The van der Waals surface area contributed by atoms with Crippen LogP contribution in [-0.2, 0) is 4.74 Å². The highest BCUT2D eigenvalue weighted by Gasteiger charge is 2.15. The van der Waals surface area contributed by atoms with E-state index < -0.39 is 12.0 Å². The Hall–Kier alpha value is -1.82. The van der Waals surface area contributed by atoms with Crippen LogP contribution in [-0.4, -0.2) is 23.2 Å². The molecule has 1 heterocycles. The first-order valence-corrected chi connectivity index (χ1v) is 4.79. The number of hydrogen-bond donors (Lipinski definition) is 2. The van der Waals surface area contributed by atoms with E-state index >= 15 is 0 Å². The van der Waals surface area contributed by atoms with Gasteiger partial charge in [0.05, 0.1) is 17.2 Å². The first-order valence-electron chi connectivity index (χ1n) is 4.41. The van der Waals surface area contributed by atoms with E-state index in [4.69, 9.17) is 27.5 Å². The molecule has 0 saturated heterocycles. The van der Waals surface area contributed by atoms with Crippen LogP contribution >= 0.6 is 11.6 Å². The van der Waals surface area contributed by atoms with Crippen LogP contribution < -0.4 is 11.2 Å². The molecule has 0 aliphatic carbocycles. The van der Waals surface area contributed by atoms with Gasteiger partial charge in [-0.05, 0) is 13.0 Å². The maximum Gasteiger partial charge on any atom is 0.339 e. The van der Waals surface area contributed by atoms with Gasteiger partial charge in [-0.3, -0.25) is 9.98 Å². The Balaban J connectivity index is 3.27. The van der Waals surface area contributed by atoms with Crippen molar-refractivity contribution in [2.24, 2.45) is 5.73 Å². The van der Waals surface area contributed by atoms with E-state index in [0.29, 0.717) is 0 Å². The van der Waals surface area contributed by atoms with E-state index in [0.717, 1.165) is 4.57 Å². The summed E-state index contributed by atoms with van der Waals surface area (Å²) >= 11 is 5.76. The van der Waals surface area contributed by atoms with E-state index in [1.54, 1.807) is 6.92 Å². The van der Waals surface area contributed by atoms with Crippen molar-refractivity contribution in [3.05, 3.63) is 28.3 Å². The van der Waals surface area contributed by atoms with E-state index in [-0.39, 0.29) is 22.7 Å². The molecule has 0 saturated carbocycles. The number of nitrogens with one attached hydrogen (secondary N) is 1. The monoisotopic (exact) mass is 243 g/mol. The van der Waals surface area contributed by atoms with Crippen LogP contribution in [0.5, 0.6) is 0 Å². The average molecular weight is 244 g/mol. The number of amides is 1. The minimum atomic E-state index is -0.845. The van der Waals surface area contributed by atoms with Gasteiger partial charge >= 0.3 is 12.0 Å². The molecule has 0 unspecified atom stereocenters. The third-order valence-corrected chi connectivity index (χ3v) is 2.19. The lowest BCUT2D eigenvalue weighted by atomic mass is 10.2. The number of carbonyl (C=O) groups is 2. The second kappa shape index (κ2) is 4.80. The zero-order valence-electron chi connectivity index (χ0n) is 8.49. The van der Waals surface area contributed by atoms with Gasteiger partial charge in [-0.2, -0.15) is 0 Å². The van der Waals surface area contributed by atoms with Crippen LogP contribution in [0.3, 0.4) is 0 Å². The molecule has 0 radical (unpaired) electrons. The molecule has 0 fully saturated rings. The van der Waals surface area contributed by atoms with Gasteiger partial charge in [0.25, 0.3) is 0 Å².